The Morgan fingerprint density at radius 2 is 2.15 bits per heavy atom. The molecule has 2 N–H and O–H groups in total. The van der Waals surface area contributed by atoms with Crippen molar-refractivity contribution < 1.29 is 0 Å². The van der Waals surface area contributed by atoms with E-state index in [1.54, 1.807) is 12.4 Å². The van der Waals surface area contributed by atoms with Crippen molar-refractivity contribution in [3.05, 3.63) is 30.1 Å². The van der Waals surface area contributed by atoms with Crippen LogP contribution < -0.4 is 5.73 Å². The third-order valence-corrected chi connectivity index (χ3v) is 1.76. The van der Waals surface area contributed by atoms with E-state index < -0.39 is 0 Å². The molecule has 0 saturated carbocycles. The first kappa shape index (κ1) is 10.1. The van der Waals surface area contributed by atoms with Gasteiger partial charge in [-0.05, 0) is 24.7 Å². The summed E-state index contributed by atoms with van der Waals surface area (Å²) in [5.74, 6) is 0. The minimum Gasteiger partial charge on any atom is -0.392 e. The number of nitrogens with zero attached hydrogens (tertiary/aromatic N) is 2. The van der Waals surface area contributed by atoms with E-state index in [1.807, 2.05) is 19.2 Å². The fourth-order valence-corrected chi connectivity index (χ4v) is 1.34. The van der Waals surface area contributed by atoms with E-state index in [0.29, 0.717) is 11.5 Å². The van der Waals surface area contributed by atoms with Crippen LogP contribution in [0, 0.1) is 0 Å². The number of aromatic nitrogens is 1. The SMILES string of the molecule is CN(CC(N)=S)Cc1ccncc1. The molecule has 0 aliphatic heterocycles. The Bertz CT molecular complexity index is 273. The molecule has 0 fully saturated rings. The maximum absolute atomic E-state index is 5.42. The van der Waals surface area contributed by atoms with Crippen molar-refractivity contribution in [2.45, 2.75) is 6.54 Å². The summed E-state index contributed by atoms with van der Waals surface area (Å²) < 4.78 is 0. The van der Waals surface area contributed by atoms with Gasteiger partial charge < -0.3 is 5.73 Å². The number of rotatable bonds is 4. The lowest BCUT2D eigenvalue weighted by molar-refractivity contribution is 0.374. The smallest absolute Gasteiger partial charge is 0.0870 e. The highest BCUT2D eigenvalue weighted by atomic mass is 32.1. The topological polar surface area (TPSA) is 42.1 Å². The summed E-state index contributed by atoms with van der Waals surface area (Å²) in [7, 11) is 1.99. The van der Waals surface area contributed by atoms with E-state index in [2.05, 4.69) is 9.88 Å². The van der Waals surface area contributed by atoms with Gasteiger partial charge in [-0.1, -0.05) is 12.2 Å². The standard InChI is InChI=1S/C9H13N3S/c1-12(7-9(10)13)6-8-2-4-11-5-3-8/h2-5H,6-7H2,1H3,(H2,10,13). The van der Waals surface area contributed by atoms with E-state index in [4.69, 9.17) is 18.0 Å². The number of hydrogen-bond donors (Lipinski definition) is 1. The third-order valence-electron chi connectivity index (χ3n) is 1.63. The van der Waals surface area contributed by atoms with Crippen LogP contribution in [0.2, 0.25) is 0 Å². The molecular weight excluding hydrogens is 182 g/mol. The minimum absolute atomic E-state index is 0.525. The highest BCUT2D eigenvalue weighted by molar-refractivity contribution is 7.80. The number of thiocarbonyl (C=S) groups is 1. The molecule has 0 aliphatic rings. The van der Waals surface area contributed by atoms with Gasteiger partial charge in [-0.2, -0.15) is 0 Å². The Labute approximate surface area is 83.6 Å². The summed E-state index contributed by atoms with van der Waals surface area (Å²) in [5, 5.41) is 0. The largest absolute Gasteiger partial charge is 0.392 e. The zero-order valence-corrected chi connectivity index (χ0v) is 8.42. The molecule has 0 saturated heterocycles. The van der Waals surface area contributed by atoms with Crippen molar-refractivity contribution in [3.63, 3.8) is 0 Å². The van der Waals surface area contributed by atoms with Crippen LogP contribution in [0.1, 0.15) is 5.56 Å². The van der Waals surface area contributed by atoms with Gasteiger partial charge in [0.05, 0.1) is 4.99 Å². The van der Waals surface area contributed by atoms with E-state index in [9.17, 15) is 0 Å². The Morgan fingerprint density at radius 1 is 1.54 bits per heavy atom. The molecule has 0 amide bonds. The average molecular weight is 195 g/mol. The molecule has 3 nitrogen and oxygen atoms in total. The first-order chi connectivity index (χ1) is 6.18. The summed E-state index contributed by atoms with van der Waals surface area (Å²) in [6.07, 6.45) is 3.56. The Kier molecular flexibility index (Phi) is 3.79. The van der Waals surface area contributed by atoms with Crippen molar-refractivity contribution in [2.75, 3.05) is 13.6 Å². The van der Waals surface area contributed by atoms with Gasteiger partial charge in [0.25, 0.3) is 0 Å². The molecule has 0 radical (unpaired) electrons. The predicted molar refractivity (Wildman–Crippen MR) is 57.4 cm³/mol. The highest BCUT2D eigenvalue weighted by Gasteiger charge is 2.00. The van der Waals surface area contributed by atoms with E-state index in [0.717, 1.165) is 6.54 Å². The number of nitrogens with two attached hydrogens (primary N) is 1. The molecule has 0 spiro atoms. The summed E-state index contributed by atoms with van der Waals surface area (Å²) >= 11 is 4.81. The van der Waals surface area contributed by atoms with Gasteiger partial charge in [-0.3, -0.25) is 9.88 Å². The van der Waals surface area contributed by atoms with Crippen LogP contribution in [-0.4, -0.2) is 28.5 Å². The molecule has 1 rings (SSSR count). The normalized spacial score (nSPS) is 10.3. The fourth-order valence-electron chi connectivity index (χ4n) is 1.12. The van der Waals surface area contributed by atoms with Gasteiger partial charge in [-0.15, -0.1) is 0 Å². The van der Waals surface area contributed by atoms with Gasteiger partial charge >= 0.3 is 0 Å². The maximum atomic E-state index is 5.42. The summed E-state index contributed by atoms with van der Waals surface area (Å²) in [6.45, 7) is 1.50. The number of hydrogen-bond acceptors (Lipinski definition) is 3. The molecule has 0 bridgehead atoms. The van der Waals surface area contributed by atoms with Crippen LogP contribution in [0.5, 0.6) is 0 Å². The second kappa shape index (κ2) is 4.89. The average Bonchev–Trinajstić information content (AvgIpc) is 2.04. The number of likely N-dealkylation sites (N-methyl/N-ethyl adjacent to an activating group) is 1. The number of pyridine rings is 1. The van der Waals surface area contributed by atoms with Crippen LogP contribution in [0.3, 0.4) is 0 Å². The van der Waals surface area contributed by atoms with Crippen LogP contribution in [-0.2, 0) is 6.54 Å². The Hall–Kier alpha value is -1.00. The van der Waals surface area contributed by atoms with Crippen molar-refractivity contribution in [2.24, 2.45) is 5.73 Å². The first-order valence-corrected chi connectivity index (χ1v) is 4.45. The highest BCUT2D eigenvalue weighted by Crippen LogP contribution is 2.00. The van der Waals surface area contributed by atoms with Gasteiger partial charge in [0.1, 0.15) is 0 Å². The summed E-state index contributed by atoms with van der Waals surface area (Å²) in [6, 6.07) is 3.96. The summed E-state index contributed by atoms with van der Waals surface area (Å²) in [4.78, 5) is 6.54. The summed E-state index contributed by atoms with van der Waals surface area (Å²) in [5.41, 5.74) is 6.64. The van der Waals surface area contributed by atoms with Crippen LogP contribution >= 0.6 is 12.2 Å². The molecule has 1 aromatic rings. The second-order valence-electron chi connectivity index (χ2n) is 2.99. The molecule has 0 aromatic carbocycles. The van der Waals surface area contributed by atoms with Crippen LogP contribution in [0.15, 0.2) is 24.5 Å². The van der Waals surface area contributed by atoms with Crippen molar-refractivity contribution in [1.82, 2.24) is 9.88 Å². The fraction of sp³-hybridized carbons (Fsp3) is 0.333. The first-order valence-electron chi connectivity index (χ1n) is 4.04. The van der Waals surface area contributed by atoms with Crippen molar-refractivity contribution in [3.8, 4) is 0 Å². The molecule has 0 unspecified atom stereocenters. The van der Waals surface area contributed by atoms with Gasteiger partial charge in [-0.25, -0.2) is 0 Å². The Morgan fingerprint density at radius 3 is 2.69 bits per heavy atom. The molecule has 0 atom stereocenters. The molecule has 1 heterocycles. The van der Waals surface area contributed by atoms with Crippen molar-refractivity contribution in [1.29, 1.82) is 0 Å². The molecular formula is C9H13N3S. The van der Waals surface area contributed by atoms with E-state index >= 15 is 0 Å². The third kappa shape index (κ3) is 3.96. The zero-order chi connectivity index (χ0) is 9.68. The molecule has 1 aromatic heterocycles. The Balaban J connectivity index is 2.45. The lowest BCUT2D eigenvalue weighted by Gasteiger charge is -2.14. The lowest BCUT2D eigenvalue weighted by atomic mass is 10.2. The minimum atomic E-state index is 0.525. The van der Waals surface area contributed by atoms with Crippen LogP contribution in [0.4, 0.5) is 0 Å². The quantitative estimate of drug-likeness (QED) is 0.722. The van der Waals surface area contributed by atoms with Gasteiger partial charge in [0.2, 0.25) is 0 Å². The second-order valence-corrected chi connectivity index (χ2v) is 3.52. The molecule has 0 aliphatic carbocycles. The van der Waals surface area contributed by atoms with Gasteiger partial charge in [0.15, 0.2) is 0 Å². The maximum Gasteiger partial charge on any atom is 0.0870 e. The predicted octanol–water partition coefficient (Wildman–Crippen LogP) is 0.800. The monoisotopic (exact) mass is 195 g/mol. The van der Waals surface area contributed by atoms with E-state index in [-0.39, 0.29) is 0 Å². The van der Waals surface area contributed by atoms with Gasteiger partial charge in [0, 0.05) is 25.5 Å². The molecule has 4 heteroatoms. The lowest BCUT2D eigenvalue weighted by Crippen LogP contribution is -2.28. The van der Waals surface area contributed by atoms with E-state index in [1.165, 1.54) is 5.56 Å². The zero-order valence-electron chi connectivity index (χ0n) is 7.60. The van der Waals surface area contributed by atoms with Crippen molar-refractivity contribution >= 4 is 17.2 Å². The molecule has 13 heavy (non-hydrogen) atoms. The van der Waals surface area contributed by atoms with Crippen LogP contribution in [0.25, 0.3) is 0 Å². The molecule has 70 valence electrons.